The minimum atomic E-state index is -1.04. The molecule has 160 valence electrons. The smallest absolute Gasteiger partial charge is 0.303 e. The summed E-state index contributed by atoms with van der Waals surface area (Å²) in [7, 11) is 0. The normalized spacial score (nSPS) is 51.7. The van der Waals surface area contributed by atoms with Crippen molar-refractivity contribution >= 4 is 5.97 Å². The van der Waals surface area contributed by atoms with Gasteiger partial charge in [0.25, 0.3) is 0 Å². The van der Waals surface area contributed by atoms with E-state index < -0.39 is 18.2 Å². The first-order valence-corrected chi connectivity index (χ1v) is 11.7. The SMILES string of the molecule is C[C@H](CCC(=O)O)C1CC[C@H]2[C@@H]3CC[C@@H]4[C@@H](F)[C@@H](O)CC[C@]4(C)[C@H]3CC[C@]12C. The summed E-state index contributed by atoms with van der Waals surface area (Å²) in [5, 5.41) is 19.2. The number of fused-ring (bicyclic) bond motifs is 5. The maximum absolute atomic E-state index is 14.9. The Morgan fingerprint density at radius 3 is 2.36 bits per heavy atom. The molecular weight excluding hydrogens is 355 g/mol. The van der Waals surface area contributed by atoms with Gasteiger partial charge < -0.3 is 10.2 Å². The fraction of sp³-hybridized carbons (Fsp3) is 0.958. The highest BCUT2D eigenvalue weighted by atomic mass is 19.1. The zero-order chi connectivity index (χ0) is 20.3. The van der Waals surface area contributed by atoms with Crippen LogP contribution in [0, 0.1) is 46.3 Å². The van der Waals surface area contributed by atoms with Gasteiger partial charge in [0, 0.05) is 6.42 Å². The zero-order valence-corrected chi connectivity index (χ0v) is 17.9. The molecule has 4 saturated carbocycles. The number of aliphatic hydroxyl groups is 1. The Bertz CT molecular complexity index is 609. The van der Waals surface area contributed by atoms with Crippen molar-refractivity contribution < 1.29 is 19.4 Å². The third-order valence-corrected chi connectivity index (χ3v) is 10.2. The van der Waals surface area contributed by atoms with E-state index in [1.165, 1.54) is 25.7 Å². The summed E-state index contributed by atoms with van der Waals surface area (Å²) in [6, 6.07) is 0. The molecule has 0 spiro atoms. The minimum absolute atomic E-state index is 0.0357. The molecule has 0 heterocycles. The van der Waals surface area contributed by atoms with Gasteiger partial charge in [-0.25, -0.2) is 4.39 Å². The molecule has 10 atom stereocenters. The van der Waals surface area contributed by atoms with Crippen molar-refractivity contribution in [2.75, 3.05) is 0 Å². The lowest BCUT2D eigenvalue weighted by Crippen LogP contribution is -2.57. The van der Waals surface area contributed by atoms with E-state index in [4.69, 9.17) is 5.11 Å². The van der Waals surface area contributed by atoms with Crippen LogP contribution in [0.25, 0.3) is 0 Å². The second-order valence-electron chi connectivity index (χ2n) is 11.3. The van der Waals surface area contributed by atoms with Crippen molar-refractivity contribution in [2.24, 2.45) is 46.3 Å². The van der Waals surface area contributed by atoms with E-state index in [-0.39, 0.29) is 17.8 Å². The Balaban J connectivity index is 1.53. The molecule has 28 heavy (non-hydrogen) atoms. The fourth-order valence-corrected chi connectivity index (χ4v) is 8.79. The van der Waals surface area contributed by atoms with E-state index in [9.17, 15) is 14.3 Å². The Morgan fingerprint density at radius 1 is 1.00 bits per heavy atom. The highest BCUT2D eigenvalue weighted by Gasteiger charge is 2.62. The first kappa shape index (κ1) is 20.6. The number of alkyl halides is 1. The van der Waals surface area contributed by atoms with E-state index in [2.05, 4.69) is 20.8 Å². The predicted molar refractivity (Wildman–Crippen MR) is 108 cm³/mol. The Morgan fingerprint density at radius 2 is 1.64 bits per heavy atom. The van der Waals surface area contributed by atoms with E-state index in [0.29, 0.717) is 41.4 Å². The molecule has 0 radical (unpaired) electrons. The number of hydrogen-bond acceptors (Lipinski definition) is 2. The molecule has 0 aromatic heterocycles. The molecule has 4 aliphatic carbocycles. The van der Waals surface area contributed by atoms with Crippen molar-refractivity contribution in [3.05, 3.63) is 0 Å². The third-order valence-electron chi connectivity index (χ3n) is 10.2. The van der Waals surface area contributed by atoms with Crippen molar-refractivity contribution in [1.29, 1.82) is 0 Å². The Kier molecular flexibility index (Phi) is 5.34. The number of carbonyl (C=O) groups is 1. The van der Waals surface area contributed by atoms with Crippen molar-refractivity contribution in [2.45, 2.75) is 97.3 Å². The van der Waals surface area contributed by atoms with Crippen LogP contribution in [-0.2, 0) is 4.79 Å². The van der Waals surface area contributed by atoms with Crippen LogP contribution in [0.15, 0.2) is 0 Å². The van der Waals surface area contributed by atoms with Gasteiger partial charge in [-0.05, 0) is 104 Å². The lowest BCUT2D eigenvalue weighted by Gasteiger charge is -2.61. The average Bonchev–Trinajstić information content (AvgIpc) is 3.00. The molecule has 0 aromatic carbocycles. The molecule has 0 saturated heterocycles. The highest BCUT2D eigenvalue weighted by Crippen LogP contribution is 2.68. The molecule has 2 N–H and O–H groups in total. The van der Waals surface area contributed by atoms with Crippen molar-refractivity contribution in [3.63, 3.8) is 0 Å². The number of aliphatic hydroxyl groups excluding tert-OH is 1. The quantitative estimate of drug-likeness (QED) is 0.666. The molecule has 3 nitrogen and oxygen atoms in total. The van der Waals surface area contributed by atoms with Gasteiger partial charge in [-0.2, -0.15) is 0 Å². The van der Waals surface area contributed by atoms with E-state index in [1.54, 1.807) is 0 Å². The number of aliphatic carboxylic acids is 1. The first-order valence-electron chi connectivity index (χ1n) is 11.7. The number of halogens is 1. The lowest BCUT2D eigenvalue weighted by atomic mass is 9.44. The number of rotatable bonds is 4. The van der Waals surface area contributed by atoms with Gasteiger partial charge in [0.1, 0.15) is 6.17 Å². The largest absolute Gasteiger partial charge is 0.481 e. The molecule has 4 rings (SSSR count). The van der Waals surface area contributed by atoms with Gasteiger partial charge in [0.05, 0.1) is 6.10 Å². The van der Waals surface area contributed by atoms with Crippen LogP contribution < -0.4 is 0 Å². The highest BCUT2D eigenvalue weighted by molar-refractivity contribution is 5.66. The second kappa shape index (κ2) is 7.25. The average molecular weight is 395 g/mol. The number of carboxylic acid groups (broad SMARTS) is 1. The maximum atomic E-state index is 14.9. The van der Waals surface area contributed by atoms with Crippen LogP contribution in [0.2, 0.25) is 0 Å². The molecule has 4 aliphatic rings. The Labute approximate surface area is 169 Å². The summed E-state index contributed by atoms with van der Waals surface area (Å²) in [5.41, 5.74) is 0.376. The van der Waals surface area contributed by atoms with Crippen LogP contribution in [0.3, 0.4) is 0 Å². The summed E-state index contributed by atoms with van der Waals surface area (Å²) >= 11 is 0. The van der Waals surface area contributed by atoms with Crippen molar-refractivity contribution in [1.82, 2.24) is 0 Å². The number of hydrogen-bond donors (Lipinski definition) is 2. The first-order chi connectivity index (χ1) is 13.2. The van der Waals surface area contributed by atoms with E-state index >= 15 is 0 Å². The van der Waals surface area contributed by atoms with Gasteiger partial charge in [-0.3, -0.25) is 4.79 Å². The van der Waals surface area contributed by atoms with Crippen LogP contribution in [-0.4, -0.2) is 28.5 Å². The standard InChI is InChI=1S/C24H39FO3/c1-14(4-9-21(27)28)16-7-8-17-15-5-6-19-22(25)20(26)11-13-24(19,3)18(15)10-12-23(16,17)2/h14-20,22,26H,4-13H2,1-3H3,(H,27,28)/t14-,15+,16?,17+,18+,19-,20+,22-,23-,24-/m1/s1. The monoisotopic (exact) mass is 394 g/mol. The zero-order valence-electron chi connectivity index (χ0n) is 17.9. The van der Waals surface area contributed by atoms with Gasteiger partial charge in [0.15, 0.2) is 0 Å². The maximum Gasteiger partial charge on any atom is 0.303 e. The van der Waals surface area contributed by atoms with E-state index in [0.717, 1.165) is 25.7 Å². The molecule has 1 unspecified atom stereocenters. The molecular formula is C24H39FO3. The summed E-state index contributed by atoms with van der Waals surface area (Å²) < 4.78 is 14.9. The molecule has 0 amide bonds. The molecule has 4 heteroatoms. The van der Waals surface area contributed by atoms with Crippen LogP contribution in [0.1, 0.15) is 85.0 Å². The second-order valence-corrected chi connectivity index (χ2v) is 11.3. The topological polar surface area (TPSA) is 57.5 Å². The van der Waals surface area contributed by atoms with Crippen molar-refractivity contribution in [3.8, 4) is 0 Å². The third kappa shape index (κ3) is 3.04. The van der Waals surface area contributed by atoms with Gasteiger partial charge >= 0.3 is 5.97 Å². The molecule has 0 bridgehead atoms. The number of carboxylic acids is 1. The fourth-order valence-electron chi connectivity index (χ4n) is 8.79. The molecule has 0 aromatic rings. The summed E-state index contributed by atoms with van der Waals surface area (Å²) in [5.74, 6) is 2.46. The van der Waals surface area contributed by atoms with Gasteiger partial charge in [-0.1, -0.05) is 20.8 Å². The summed E-state index contributed by atoms with van der Waals surface area (Å²) in [4.78, 5) is 11.0. The molecule has 4 fully saturated rings. The van der Waals surface area contributed by atoms with Crippen LogP contribution >= 0.6 is 0 Å². The van der Waals surface area contributed by atoms with Crippen LogP contribution in [0.4, 0.5) is 4.39 Å². The molecule has 0 aliphatic heterocycles. The Hall–Kier alpha value is -0.640. The predicted octanol–water partition coefficient (Wildman–Crippen LogP) is 5.46. The van der Waals surface area contributed by atoms with Crippen LogP contribution in [0.5, 0.6) is 0 Å². The van der Waals surface area contributed by atoms with Gasteiger partial charge in [-0.15, -0.1) is 0 Å². The summed E-state index contributed by atoms with van der Waals surface area (Å²) in [6.07, 6.45) is 7.82. The minimum Gasteiger partial charge on any atom is -0.481 e. The lowest BCUT2D eigenvalue weighted by molar-refractivity contribution is -0.157. The van der Waals surface area contributed by atoms with Gasteiger partial charge in [0.2, 0.25) is 0 Å². The summed E-state index contributed by atoms with van der Waals surface area (Å²) in [6.45, 7) is 7.08. The van der Waals surface area contributed by atoms with E-state index in [1.807, 2.05) is 0 Å².